The summed E-state index contributed by atoms with van der Waals surface area (Å²) in [6.07, 6.45) is 4.12. The molecule has 1 atom stereocenters. The molecule has 5 nitrogen and oxygen atoms in total. The van der Waals surface area contributed by atoms with E-state index >= 15 is 0 Å². The van der Waals surface area contributed by atoms with Crippen LogP contribution in [0, 0.1) is 0 Å². The van der Waals surface area contributed by atoms with Crippen molar-refractivity contribution in [1.82, 2.24) is 15.1 Å². The first kappa shape index (κ1) is 17.4. The molecule has 1 N–H and O–H groups in total. The lowest BCUT2D eigenvalue weighted by molar-refractivity contribution is -0.123. The number of nitrogens with one attached hydrogen (secondary N) is 1. The molecule has 0 bridgehead atoms. The van der Waals surface area contributed by atoms with Crippen LogP contribution in [0.3, 0.4) is 0 Å². The van der Waals surface area contributed by atoms with E-state index in [4.69, 9.17) is 4.74 Å². The van der Waals surface area contributed by atoms with Crippen LogP contribution >= 0.6 is 0 Å². The lowest BCUT2D eigenvalue weighted by Crippen LogP contribution is -2.51. The molecule has 2 fully saturated rings. The van der Waals surface area contributed by atoms with Gasteiger partial charge in [-0.15, -0.1) is 0 Å². The van der Waals surface area contributed by atoms with Crippen molar-refractivity contribution in [2.45, 2.75) is 31.9 Å². The van der Waals surface area contributed by atoms with Gasteiger partial charge >= 0.3 is 0 Å². The molecule has 1 unspecified atom stereocenters. The fourth-order valence-corrected chi connectivity index (χ4v) is 3.42. The Morgan fingerprint density at radius 3 is 2.54 bits per heavy atom. The molecule has 132 valence electrons. The van der Waals surface area contributed by atoms with Crippen molar-refractivity contribution in [2.75, 3.05) is 45.9 Å². The summed E-state index contributed by atoms with van der Waals surface area (Å²) < 4.78 is 5.83. The van der Waals surface area contributed by atoms with Crippen LogP contribution in [0.4, 0.5) is 0 Å². The predicted octanol–water partition coefficient (Wildman–Crippen LogP) is 1.49. The second kappa shape index (κ2) is 9.16. The van der Waals surface area contributed by atoms with Crippen LogP contribution < -0.4 is 5.32 Å². The first-order valence-corrected chi connectivity index (χ1v) is 9.16. The second-order valence-electron chi connectivity index (χ2n) is 6.83. The zero-order valence-corrected chi connectivity index (χ0v) is 14.5. The van der Waals surface area contributed by atoms with E-state index in [1.807, 2.05) is 30.3 Å². The average Bonchev–Trinajstić information content (AvgIpc) is 2.63. The Kier molecular flexibility index (Phi) is 6.64. The number of carbonyl (C=O) groups is 1. The molecule has 2 aliphatic rings. The van der Waals surface area contributed by atoms with Crippen molar-refractivity contribution in [2.24, 2.45) is 0 Å². The molecule has 24 heavy (non-hydrogen) atoms. The summed E-state index contributed by atoms with van der Waals surface area (Å²) in [4.78, 5) is 16.8. The number of piperazine rings is 1. The maximum absolute atomic E-state index is 12.1. The van der Waals surface area contributed by atoms with Gasteiger partial charge in [0.2, 0.25) is 5.91 Å². The molecule has 2 heterocycles. The third-order valence-corrected chi connectivity index (χ3v) is 4.90. The fraction of sp³-hybridized carbons (Fsp3) is 0.632. The lowest BCUT2D eigenvalue weighted by atomic mass is 10.1. The predicted molar refractivity (Wildman–Crippen MR) is 94.8 cm³/mol. The summed E-state index contributed by atoms with van der Waals surface area (Å²) in [7, 11) is 0. The van der Waals surface area contributed by atoms with Crippen molar-refractivity contribution in [1.29, 1.82) is 0 Å². The van der Waals surface area contributed by atoms with Gasteiger partial charge in [0.15, 0.2) is 0 Å². The Hall–Kier alpha value is -1.43. The molecule has 0 spiro atoms. The quantitative estimate of drug-likeness (QED) is 0.858. The van der Waals surface area contributed by atoms with E-state index in [1.54, 1.807) is 0 Å². The zero-order valence-electron chi connectivity index (χ0n) is 14.5. The molecule has 0 aliphatic carbocycles. The van der Waals surface area contributed by atoms with Crippen LogP contribution in [0.5, 0.6) is 0 Å². The zero-order chi connectivity index (χ0) is 16.6. The van der Waals surface area contributed by atoms with Crippen LogP contribution in [-0.2, 0) is 16.1 Å². The van der Waals surface area contributed by atoms with Crippen LogP contribution in [0.15, 0.2) is 30.3 Å². The number of ether oxygens (including phenoxy) is 1. The largest absolute Gasteiger partial charge is 0.377 e. The number of amides is 1. The van der Waals surface area contributed by atoms with E-state index in [1.165, 1.54) is 19.3 Å². The van der Waals surface area contributed by atoms with Gasteiger partial charge in [0.25, 0.3) is 0 Å². The van der Waals surface area contributed by atoms with Crippen molar-refractivity contribution in [3.05, 3.63) is 35.9 Å². The smallest absolute Gasteiger partial charge is 0.234 e. The van der Waals surface area contributed by atoms with E-state index in [2.05, 4.69) is 15.1 Å². The lowest BCUT2D eigenvalue weighted by Gasteiger charge is -2.36. The molecule has 1 aromatic rings. The van der Waals surface area contributed by atoms with Crippen LogP contribution in [0.25, 0.3) is 0 Å². The second-order valence-corrected chi connectivity index (χ2v) is 6.83. The maximum Gasteiger partial charge on any atom is 0.234 e. The Morgan fingerprint density at radius 2 is 1.83 bits per heavy atom. The van der Waals surface area contributed by atoms with Gasteiger partial charge in [-0.05, 0) is 24.8 Å². The third-order valence-electron chi connectivity index (χ3n) is 4.90. The number of hydrogen-bond acceptors (Lipinski definition) is 4. The summed E-state index contributed by atoms with van der Waals surface area (Å²) in [5, 5.41) is 3.01. The minimum atomic E-state index is 0.114. The Morgan fingerprint density at radius 1 is 1.08 bits per heavy atom. The normalized spacial score (nSPS) is 23.1. The monoisotopic (exact) mass is 331 g/mol. The highest BCUT2D eigenvalue weighted by atomic mass is 16.5. The average molecular weight is 331 g/mol. The minimum Gasteiger partial charge on any atom is -0.377 e. The Balaban J connectivity index is 1.32. The summed E-state index contributed by atoms with van der Waals surface area (Å²) in [5.41, 5.74) is 1.14. The number of nitrogens with zero attached hydrogens (tertiary/aromatic N) is 2. The minimum absolute atomic E-state index is 0.114. The molecule has 5 heteroatoms. The van der Waals surface area contributed by atoms with Crippen molar-refractivity contribution < 1.29 is 9.53 Å². The molecule has 0 radical (unpaired) electrons. The van der Waals surface area contributed by atoms with Crippen molar-refractivity contribution >= 4 is 5.91 Å². The van der Waals surface area contributed by atoms with Gasteiger partial charge in [0.05, 0.1) is 12.6 Å². The summed E-state index contributed by atoms with van der Waals surface area (Å²) >= 11 is 0. The molecule has 2 saturated heterocycles. The van der Waals surface area contributed by atoms with E-state index in [0.29, 0.717) is 19.2 Å². The Labute approximate surface area is 145 Å². The SMILES string of the molecule is O=C(CN1CCN(CC2CCCCO2)CC1)NCc1ccccc1. The van der Waals surface area contributed by atoms with E-state index in [0.717, 1.165) is 44.9 Å². The highest BCUT2D eigenvalue weighted by Crippen LogP contribution is 2.14. The van der Waals surface area contributed by atoms with Crippen LogP contribution in [-0.4, -0.2) is 67.7 Å². The summed E-state index contributed by atoms with van der Waals surface area (Å²) in [6, 6.07) is 10.1. The molecule has 1 amide bonds. The first-order chi connectivity index (χ1) is 11.8. The number of rotatable bonds is 6. The van der Waals surface area contributed by atoms with Gasteiger partial charge in [0, 0.05) is 45.9 Å². The fourth-order valence-electron chi connectivity index (χ4n) is 3.42. The van der Waals surface area contributed by atoms with Gasteiger partial charge in [-0.2, -0.15) is 0 Å². The number of carbonyl (C=O) groups excluding carboxylic acids is 1. The molecule has 3 rings (SSSR count). The summed E-state index contributed by atoms with van der Waals surface area (Å²) in [6.45, 7) is 7.08. The number of hydrogen-bond donors (Lipinski definition) is 1. The summed E-state index contributed by atoms with van der Waals surface area (Å²) in [5.74, 6) is 0.114. The molecule has 0 aromatic heterocycles. The van der Waals surface area contributed by atoms with Crippen LogP contribution in [0.2, 0.25) is 0 Å². The van der Waals surface area contributed by atoms with Gasteiger partial charge < -0.3 is 10.1 Å². The van der Waals surface area contributed by atoms with Crippen molar-refractivity contribution in [3.8, 4) is 0 Å². The maximum atomic E-state index is 12.1. The van der Waals surface area contributed by atoms with Crippen molar-refractivity contribution in [3.63, 3.8) is 0 Å². The third kappa shape index (κ3) is 5.58. The van der Waals surface area contributed by atoms with E-state index in [9.17, 15) is 4.79 Å². The van der Waals surface area contributed by atoms with E-state index < -0.39 is 0 Å². The molecular weight excluding hydrogens is 302 g/mol. The van der Waals surface area contributed by atoms with Gasteiger partial charge in [0.1, 0.15) is 0 Å². The van der Waals surface area contributed by atoms with E-state index in [-0.39, 0.29) is 5.91 Å². The Bertz CT molecular complexity index is 495. The van der Waals surface area contributed by atoms with Gasteiger partial charge in [-0.3, -0.25) is 14.6 Å². The first-order valence-electron chi connectivity index (χ1n) is 9.16. The molecule has 2 aliphatic heterocycles. The molecule has 0 saturated carbocycles. The van der Waals surface area contributed by atoms with Gasteiger partial charge in [-0.1, -0.05) is 30.3 Å². The standard InChI is InChI=1S/C19H29N3O2/c23-19(20-14-17-6-2-1-3-7-17)16-22-11-9-21(10-12-22)15-18-8-4-5-13-24-18/h1-3,6-7,18H,4-5,8-16H2,(H,20,23). The van der Waals surface area contributed by atoms with Gasteiger partial charge in [-0.25, -0.2) is 0 Å². The highest BCUT2D eigenvalue weighted by molar-refractivity contribution is 5.78. The van der Waals surface area contributed by atoms with Crippen LogP contribution in [0.1, 0.15) is 24.8 Å². The highest BCUT2D eigenvalue weighted by Gasteiger charge is 2.22. The molecule has 1 aromatic carbocycles. The topological polar surface area (TPSA) is 44.8 Å². The number of benzene rings is 1. The molecular formula is C19H29N3O2.